The molecular formula is C13H19N3O3. The van der Waals surface area contributed by atoms with Gasteiger partial charge in [-0.05, 0) is 33.6 Å². The maximum Gasteiger partial charge on any atom is 0.326 e. The Labute approximate surface area is 112 Å². The summed E-state index contributed by atoms with van der Waals surface area (Å²) >= 11 is 0. The lowest BCUT2D eigenvalue weighted by atomic mass is 10.2. The Morgan fingerprint density at radius 2 is 2.16 bits per heavy atom. The van der Waals surface area contributed by atoms with E-state index in [1.54, 1.807) is 4.68 Å². The Balaban J connectivity index is 2.27. The van der Waals surface area contributed by atoms with E-state index in [-0.39, 0.29) is 11.9 Å². The van der Waals surface area contributed by atoms with Gasteiger partial charge in [0.1, 0.15) is 6.04 Å². The van der Waals surface area contributed by atoms with Crippen LogP contribution in [0.3, 0.4) is 0 Å². The second kappa shape index (κ2) is 5.03. The number of likely N-dealkylation sites (tertiary alicyclic amines) is 1. The van der Waals surface area contributed by atoms with Crippen molar-refractivity contribution in [2.24, 2.45) is 0 Å². The third kappa shape index (κ3) is 2.34. The number of carboxylic acid groups (broad SMARTS) is 1. The zero-order chi connectivity index (χ0) is 14.2. The number of carbonyl (C=O) groups is 2. The highest BCUT2D eigenvalue weighted by molar-refractivity contribution is 5.97. The molecule has 1 aliphatic rings. The van der Waals surface area contributed by atoms with E-state index >= 15 is 0 Å². The van der Waals surface area contributed by atoms with Crippen LogP contribution in [0, 0.1) is 6.92 Å². The van der Waals surface area contributed by atoms with Crippen molar-refractivity contribution < 1.29 is 14.7 Å². The van der Waals surface area contributed by atoms with Gasteiger partial charge in [0.15, 0.2) is 0 Å². The van der Waals surface area contributed by atoms with E-state index in [0.717, 1.165) is 12.1 Å². The first kappa shape index (κ1) is 13.6. The quantitative estimate of drug-likeness (QED) is 0.897. The fourth-order valence-electron chi connectivity index (χ4n) is 2.58. The van der Waals surface area contributed by atoms with Gasteiger partial charge in [0.25, 0.3) is 5.91 Å². The third-order valence-electron chi connectivity index (χ3n) is 3.56. The summed E-state index contributed by atoms with van der Waals surface area (Å²) < 4.78 is 1.78. The maximum atomic E-state index is 12.4. The first-order valence-corrected chi connectivity index (χ1v) is 6.51. The minimum Gasteiger partial charge on any atom is -0.480 e. The molecule has 1 unspecified atom stereocenters. The molecule has 1 amide bonds. The van der Waals surface area contributed by atoms with Crippen LogP contribution < -0.4 is 0 Å². The summed E-state index contributed by atoms with van der Waals surface area (Å²) in [4.78, 5) is 25.0. The predicted molar refractivity (Wildman–Crippen MR) is 69.0 cm³/mol. The van der Waals surface area contributed by atoms with E-state index in [2.05, 4.69) is 5.10 Å². The average molecular weight is 265 g/mol. The van der Waals surface area contributed by atoms with Gasteiger partial charge in [-0.15, -0.1) is 0 Å². The summed E-state index contributed by atoms with van der Waals surface area (Å²) in [7, 11) is 0. The maximum absolute atomic E-state index is 12.4. The third-order valence-corrected chi connectivity index (χ3v) is 3.56. The van der Waals surface area contributed by atoms with Crippen LogP contribution in [0.5, 0.6) is 0 Å². The number of amides is 1. The molecule has 0 aliphatic carbocycles. The number of hydrogen-bond donors (Lipinski definition) is 1. The van der Waals surface area contributed by atoms with E-state index in [1.165, 1.54) is 11.1 Å². The number of carbonyl (C=O) groups excluding carboxylic acids is 1. The Morgan fingerprint density at radius 3 is 2.68 bits per heavy atom. The minimum atomic E-state index is -0.931. The summed E-state index contributed by atoms with van der Waals surface area (Å²) in [5.41, 5.74) is 1.29. The molecule has 19 heavy (non-hydrogen) atoms. The molecule has 1 atom stereocenters. The lowest BCUT2D eigenvalue weighted by Crippen LogP contribution is -2.40. The molecule has 0 bridgehead atoms. The SMILES string of the molecule is Cc1c(C(=O)N2CCCC2C(=O)O)cnn1C(C)C. The van der Waals surface area contributed by atoms with E-state index < -0.39 is 12.0 Å². The molecule has 0 aromatic carbocycles. The van der Waals surface area contributed by atoms with Crippen molar-refractivity contribution in [1.29, 1.82) is 0 Å². The molecule has 1 N–H and O–H groups in total. The molecule has 0 spiro atoms. The van der Waals surface area contributed by atoms with Crippen molar-refractivity contribution in [3.63, 3.8) is 0 Å². The van der Waals surface area contributed by atoms with Gasteiger partial charge in [-0.1, -0.05) is 0 Å². The zero-order valence-corrected chi connectivity index (χ0v) is 11.5. The van der Waals surface area contributed by atoms with Gasteiger partial charge in [0.05, 0.1) is 11.8 Å². The Kier molecular flexibility index (Phi) is 3.59. The first-order valence-electron chi connectivity index (χ1n) is 6.51. The highest BCUT2D eigenvalue weighted by Crippen LogP contribution is 2.22. The Hall–Kier alpha value is -1.85. The first-order chi connectivity index (χ1) is 8.93. The second-order valence-electron chi connectivity index (χ2n) is 5.18. The van der Waals surface area contributed by atoms with Crippen molar-refractivity contribution in [3.05, 3.63) is 17.5 Å². The Morgan fingerprint density at radius 1 is 1.47 bits per heavy atom. The van der Waals surface area contributed by atoms with Gasteiger partial charge in [0, 0.05) is 18.3 Å². The van der Waals surface area contributed by atoms with Crippen molar-refractivity contribution >= 4 is 11.9 Å². The van der Waals surface area contributed by atoms with Gasteiger partial charge >= 0.3 is 5.97 Å². The van der Waals surface area contributed by atoms with Crippen LogP contribution in [-0.2, 0) is 4.79 Å². The predicted octanol–water partition coefficient (Wildman–Crippen LogP) is 1.46. The second-order valence-corrected chi connectivity index (χ2v) is 5.18. The monoisotopic (exact) mass is 265 g/mol. The van der Waals surface area contributed by atoms with Gasteiger partial charge in [-0.2, -0.15) is 5.10 Å². The van der Waals surface area contributed by atoms with Crippen LogP contribution in [0.25, 0.3) is 0 Å². The molecule has 6 heteroatoms. The summed E-state index contributed by atoms with van der Waals surface area (Å²) in [6.07, 6.45) is 2.80. The van der Waals surface area contributed by atoms with Gasteiger partial charge in [-0.25, -0.2) is 4.79 Å². The van der Waals surface area contributed by atoms with Crippen LogP contribution in [-0.4, -0.2) is 44.3 Å². The van der Waals surface area contributed by atoms with Crippen molar-refractivity contribution in [2.45, 2.75) is 45.7 Å². The highest BCUT2D eigenvalue weighted by atomic mass is 16.4. The summed E-state index contributed by atoms with van der Waals surface area (Å²) in [5.74, 6) is -1.16. The minimum absolute atomic E-state index is 0.176. The standard InChI is InChI=1S/C13H19N3O3/c1-8(2)16-9(3)10(7-14-16)12(17)15-6-4-5-11(15)13(18)19/h7-8,11H,4-6H2,1-3H3,(H,18,19). The van der Waals surface area contributed by atoms with Crippen LogP contribution >= 0.6 is 0 Å². The lowest BCUT2D eigenvalue weighted by Gasteiger charge is -2.21. The fourth-order valence-corrected chi connectivity index (χ4v) is 2.58. The lowest BCUT2D eigenvalue weighted by molar-refractivity contribution is -0.141. The molecule has 0 radical (unpaired) electrons. The number of hydrogen-bond acceptors (Lipinski definition) is 3. The van der Waals surface area contributed by atoms with Crippen LogP contribution in [0.2, 0.25) is 0 Å². The smallest absolute Gasteiger partial charge is 0.326 e. The number of aromatic nitrogens is 2. The highest BCUT2D eigenvalue weighted by Gasteiger charge is 2.35. The summed E-state index contributed by atoms with van der Waals surface area (Å²) in [6.45, 7) is 6.32. The van der Waals surface area contributed by atoms with Gasteiger partial charge < -0.3 is 10.0 Å². The molecule has 104 valence electrons. The van der Waals surface area contributed by atoms with Gasteiger partial charge in [-0.3, -0.25) is 9.48 Å². The molecule has 2 rings (SSSR count). The number of rotatable bonds is 3. The van der Waals surface area contributed by atoms with E-state index in [1.807, 2.05) is 20.8 Å². The Bertz CT molecular complexity index is 507. The molecule has 1 aliphatic heterocycles. The molecule has 1 aromatic rings. The van der Waals surface area contributed by atoms with Crippen molar-refractivity contribution in [1.82, 2.24) is 14.7 Å². The topological polar surface area (TPSA) is 75.4 Å². The molecule has 1 saturated heterocycles. The normalized spacial score (nSPS) is 19.2. The van der Waals surface area contributed by atoms with Crippen LogP contribution in [0.15, 0.2) is 6.20 Å². The van der Waals surface area contributed by atoms with Gasteiger partial charge in [0.2, 0.25) is 0 Å². The van der Waals surface area contributed by atoms with Crippen molar-refractivity contribution in [3.8, 4) is 0 Å². The molecule has 1 fully saturated rings. The van der Waals surface area contributed by atoms with E-state index in [0.29, 0.717) is 18.5 Å². The molecule has 6 nitrogen and oxygen atoms in total. The van der Waals surface area contributed by atoms with E-state index in [9.17, 15) is 9.59 Å². The number of carboxylic acids is 1. The average Bonchev–Trinajstić information content (AvgIpc) is 2.93. The zero-order valence-electron chi connectivity index (χ0n) is 11.5. The molecular weight excluding hydrogens is 246 g/mol. The van der Waals surface area contributed by atoms with E-state index in [4.69, 9.17) is 5.11 Å². The molecule has 2 heterocycles. The molecule has 1 aromatic heterocycles. The number of nitrogens with zero attached hydrogens (tertiary/aromatic N) is 3. The largest absolute Gasteiger partial charge is 0.480 e. The van der Waals surface area contributed by atoms with Crippen LogP contribution in [0.1, 0.15) is 48.8 Å². The summed E-state index contributed by atoms with van der Waals surface area (Å²) in [5, 5.41) is 13.3. The van der Waals surface area contributed by atoms with Crippen LogP contribution in [0.4, 0.5) is 0 Å². The van der Waals surface area contributed by atoms with Crippen molar-refractivity contribution in [2.75, 3.05) is 6.54 Å². The number of aliphatic carboxylic acids is 1. The fraction of sp³-hybridized carbons (Fsp3) is 0.615. The molecule has 0 saturated carbocycles. The summed E-state index contributed by atoms with van der Waals surface area (Å²) in [6, 6.07) is -0.523.